The third kappa shape index (κ3) is 5.42. The Kier molecular flexibility index (Phi) is 6.43. The number of esters is 1. The molecule has 0 saturated heterocycles. The van der Waals surface area contributed by atoms with Crippen molar-refractivity contribution in [2.75, 3.05) is 13.2 Å². The zero-order chi connectivity index (χ0) is 14.1. The molecule has 5 nitrogen and oxygen atoms in total. The lowest BCUT2D eigenvalue weighted by molar-refractivity contribution is -0.141. The van der Waals surface area contributed by atoms with E-state index in [9.17, 15) is 9.59 Å². The molecule has 0 aliphatic rings. The van der Waals surface area contributed by atoms with Crippen LogP contribution in [0.3, 0.4) is 0 Å². The maximum absolute atomic E-state index is 11.5. The standard InChI is InChI=1S/C14H20N2O3/c1-3-11-7-5-6-8-12(11)9-15-14(18)16-10-13(17)19-4-2/h5-8H,3-4,9-10H2,1-2H3,(H2,15,16,18). The van der Waals surface area contributed by atoms with Crippen LogP contribution in [0.4, 0.5) is 4.79 Å². The summed E-state index contributed by atoms with van der Waals surface area (Å²) >= 11 is 0. The van der Waals surface area contributed by atoms with Gasteiger partial charge in [-0.1, -0.05) is 31.2 Å². The Labute approximate surface area is 113 Å². The van der Waals surface area contributed by atoms with Crippen LogP contribution in [0.15, 0.2) is 24.3 Å². The van der Waals surface area contributed by atoms with Crippen LogP contribution in [0.2, 0.25) is 0 Å². The normalized spacial score (nSPS) is 9.79. The van der Waals surface area contributed by atoms with Crippen LogP contribution in [-0.4, -0.2) is 25.2 Å². The summed E-state index contributed by atoms with van der Waals surface area (Å²) in [4.78, 5) is 22.6. The van der Waals surface area contributed by atoms with E-state index < -0.39 is 5.97 Å². The smallest absolute Gasteiger partial charge is 0.325 e. The van der Waals surface area contributed by atoms with Gasteiger partial charge in [0.15, 0.2) is 0 Å². The van der Waals surface area contributed by atoms with E-state index in [2.05, 4.69) is 17.6 Å². The maximum Gasteiger partial charge on any atom is 0.325 e. The second-order valence-corrected chi connectivity index (χ2v) is 3.96. The van der Waals surface area contributed by atoms with Gasteiger partial charge in [-0.15, -0.1) is 0 Å². The lowest BCUT2D eigenvalue weighted by Gasteiger charge is -2.10. The van der Waals surface area contributed by atoms with Crippen molar-refractivity contribution in [2.24, 2.45) is 0 Å². The Hall–Kier alpha value is -2.04. The summed E-state index contributed by atoms with van der Waals surface area (Å²) in [7, 11) is 0. The first kappa shape index (κ1) is 15.0. The largest absolute Gasteiger partial charge is 0.465 e. The van der Waals surface area contributed by atoms with Gasteiger partial charge < -0.3 is 15.4 Å². The molecule has 2 N–H and O–H groups in total. The Bertz CT molecular complexity index is 432. The van der Waals surface area contributed by atoms with Crippen LogP contribution < -0.4 is 10.6 Å². The summed E-state index contributed by atoms with van der Waals surface area (Å²) in [5, 5.41) is 5.16. The van der Waals surface area contributed by atoms with Gasteiger partial charge >= 0.3 is 12.0 Å². The number of ether oxygens (including phenoxy) is 1. The second-order valence-electron chi connectivity index (χ2n) is 3.96. The minimum atomic E-state index is -0.438. The number of rotatable bonds is 6. The van der Waals surface area contributed by atoms with Crippen LogP contribution in [0.25, 0.3) is 0 Å². The zero-order valence-electron chi connectivity index (χ0n) is 11.4. The van der Waals surface area contributed by atoms with Gasteiger partial charge in [0.2, 0.25) is 0 Å². The fourth-order valence-corrected chi connectivity index (χ4v) is 1.68. The number of amides is 2. The van der Waals surface area contributed by atoms with Gasteiger partial charge in [0.05, 0.1) is 6.61 Å². The number of carbonyl (C=O) groups excluding carboxylic acids is 2. The Morgan fingerprint density at radius 1 is 1.11 bits per heavy atom. The van der Waals surface area contributed by atoms with E-state index in [1.807, 2.05) is 24.3 Å². The zero-order valence-corrected chi connectivity index (χ0v) is 11.4. The molecular formula is C14H20N2O3. The van der Waals surface area contributed by atoms with Crippen molar-refractivity contribution in [2.45, 2.75) is 26.8 Å². The predicted molar refractivity (Wildman–Crippen MR) is 72.7 cm³/mol. The van der Waals surface area contributed by atoms with E-state index >= 15 is 0 Å². The van der Waals surface area contributed by atoms with Crippen LogP contribution in [0, 0.1) is 0 Å². The van der Waals surface area contributed by atoms with E-state index in [0.29, 0.717) is 13.2 Å². The molecule has 0 heterocycles. The molecule has 0 aliphatic heterocycles. The second kappa shape index (κ2) is 8.13. The molecule has 0 bridgehead atoms. The highest BCUT2D eigenvalue weighted by molar-refractivity contribution is 5.80. The van der Waals surface area contributed by atoms with Crippen molar-refractivity contribution in [3.63, 3.8) is 0 Å². The van der Waals surface area contributed by atoms with E-state index in [4.69, 9.17) is 4.74 Å². The topological polar surface area (TPSA) is 67.4 Å². The molecule has 0 aromatic heterocycles. The molecule has 2 amide bonds. The summed E-state index contributed by atoms with van der Waals surface area (Å²) in [5.74, 6) is -0.438. The number of urea groups is 1. The monoisotopic (exact) mass is 264 g/mol. The van der Waals surface area contributed by atoms with Gasteiger partial charge in [-0.3, -0.25) is 4.79 Å². The number of benzene rings is 1. The summed E-state index contributed by atoms with van der Waals surface area (Å²) in [6.07, 6.45) is 0.919. The fraction of sp³-hybridized carbons (Fsp3) is 0.429. The van der Waals surface area contributed by atoms with Crippen molar-refractivity contribution >= 4 is 12.0 Å². The third-order valence-electron chi connectivity index (χ3n) is 2.64. The lowest BCUT2D eigenvalue weighted by Crippen LogP contribution is -2.38. The van der Waals surface area contributed by atoms with Gasteiger partial charge in [-0.25, -0.2) is 4.79 Å². The molecule has 1 rings (SSSR count). The Morgan fingerprint density at radius 2 is 1.79 bits per heavy atom. The molecule has 104 valence electrons. The molecule has 0 atom stereocenters. The van der Waals surface area contributed by atoms with Crippen molar-refractivity contribution < 1.29 is 14.3 Å². The Balaban J connectivity index is 2.35. The number of hydrogen-bond acceptors (Lipinski definition) is 3. The maximum atomic E-state index is 11.5. The average molecular weight is 264 g/mol. The number of hydrogen-bond donors (Lipinski definition) is 2. The van der Waals surface area contributed by atoms with Gasteiger partial charge in [0, 0.05) is 6.54 Å². The van der Waals surface area contributed by atoms with E-state index in [1.54, 1.807) is 6.92 Å². The van der Waals surface area contributed by atoms with Gasteiger partial charge in [-0.05, 0) is 24.5 Å². The van der Waals surface area contributed by atoms with Gasteiger partial charge in [-0.2, -0.15) is 0 Å². The molecule has 0 unspecified atom stereocenters. The third-order valence-corrected chi connectivity index (χ3v) is 2.64. The van der Waals surface area contributed by atoms with Crippen LogP contribution >= 0.6 is 0 Å². The lowest BCUT2D eigenvalue weighted by atomic mass is 10.1. The molecule has 0 aliphatic carbocycles. The summed E-state index contributed by atoms with van der Waals surface area (Å²) in [5.41, 5.74) is 2.28. The van der Waals surface area contributed by atoms with Gasteiger partial charge in [0.1, 0.15) is 6.54 Å². The summed E-state index contributed by atoms with van der Waals surface area (Å²) in [6, 6.07) is 7.55. The van der Waals surface area contributed by atoms with E-state index in [0.717, 1.165) is 12.0 Å². The van der Waals surface area contributed by atoms with Crippen LogP contribution in [-0.2, 0) is 22.5 Å². The highest BCUT2D eigenvalue weighted by Crippen LogP contribution is 2.08. The number of aryl methyl sites for hydroxylation is 1. The summed E-state index contributed by atoms with van der Waals surface area (Å²) < 4.78 is 4.71. The van der Waals surface area contributed by atoms with Crippen molar-refractivity contribution in [1.29, 1.82) is 0 Å². The minimum absolute atomic E-state index is 0.116. The van der Waals surface area contributed by atoms with Gasteiger partial charge in [0.25, 0.3) is 0 Å². The molecule has 5 heteroatoms. The van der Waals surface area contributed by atoms with E-state index in [1.165, 1.54) is 5.56 Å². The molecule has 0 saturated carbocycles. The molecule has 0 spiro atoms. The van der Waals surface area contributed by atoms with Crippen molar-refractivity contribution in [3.05, 3.63) is 35.4 Å². The molecule has 1 aromatic rings. The first-order valence-electron chi connectivity index (χ1n) is 6.41. The first-order valence-corrected chi connectivity index (χ1v) is 6.41. The molecular weight excluding hydrogens is 244 g/mol. The van der Waals surface area contributed by atoms with E-state index in [-0.39, 0.29) is 12.6 Å². The minimum Gasteiger partial charge on any atom is -0.465 e. The van der Waals surface area contributed by atoms with Crippen molar-refractivity contribution in [1.82, 2.24) is 10.6 Å². The SMILES string of the molecule is CCOC(=O)CNC(=O)NCc1ccccc1CC. The van der Waals surface area contributed by atoms with Crippen molar-refractivity contribution in [3.8, 4) is 0 Å². The first-order chi connectivity index (χ1) is 9.17. The highest BCUT2D eigenvalue weighted by Gasteiger charge is 2.06. The quantitative estimate of drug-likeness (QED) is 0.767. The molecule has 0 fully saturated rings. The predicted octanol–water partition coefficient (Wildman–Crippen LogP) is 1.61. The highest BCUT2D eigenvalue weighted by atomic mass is 16.5. The van der Waals surface area contributed by atoms with Crippen LogP contribution in [0.1, 0.15) is 25.0 Å². The van der Waals surface area contributed by atoms with Crippen LogP contribution in [0.5, 0.6) is 0 Å². The molecule has 1 aromatic carbocycles. The summed E-state index contributed by atoms with van der Waals surface area (Å²) in [6.45, 7) is 4.43. The number of nitrogens with one attached hydrogen (secondary N) is 2. The molecule has 0 radical (unpaired) electrons. The average Bonchev–Trinajstić information content (AvgIpc) is 2.43. The Morgan fingerprint density at radius 3 is 2.42 bits per heavy atom. The molecule has 19 heavy (non-hydrogen) atoms. The fourth-order valence-electron chi connectivity index (χ4n) is 1.68. The number of carbonyl (C=O) groups is 2.